The standard InChI is InChI=1S/C14H26O10/c1-22-14-13(21)9(17)5(7(3-15)24-14)2-6-10(18)12(20)11(19)8(4-16)23-6/h5-21H,2-4H2,1H3/t5-,6+,7-,8-,9+,10+,11-,12-,13-,14+/m1/s1/i2D/t2-,5-,6+,7-,8-,9+,10+,11-,12-,13-,14+. The molecule has 2 aliphatic heterocycles. The molecule has 0 amide bonds. The summed E-state index contributed by atoms with van der Waals surface area (Å²) in [6, 6.07) is 0. The SMILES string of the molecule is [2H][C@@H]([C@@H]1O[C@H](CO)[C@@H](O)[C@H](O)[C@H]1O)[C@H]1[C@H](O)[C@@H](O)[C@@H](OC)O[C@@H]1CO. The molecule has 10 nitrogen and oxygen atoms in total. The van der Waals surface area contributed by atoms with E-state index in [2.05, 4.69) is 0 Å². The lowest BCUT2D eigenvalue weighted by Crippen LogP contribution is -2.61. The van der Waals surface area contributed by atoms with Gasteiger partial charge in [-0.2, -0.15) is 0 Å². The first-order valence-electron chi connectivity index (χ1n) is 8.24. The van der Waals surface area contributed by atoms with Gasteiger partial charge in [0.05, 0.1) is 31.5 Å². The fourth-order valence-electron chi connectivity index (χ4n) is 3.06. The molecule has 0 aliphatic carbocycles. The number of aliphatic hydroxyl groups is 7. The van der Waals surface area contributed by atoms with E-state index in [1.807, 2.05) is 0 Å². The molecular formula is C14H26O10. The zero-order valence-electron chi connectivity index (χ0n) is 14.1. The van der Waals surface area contributed by atoms with Crippen LogP contribution in [-0.4, -0.2) is 111 Å². The van der Waals surface area contributed by atoms with Gasteiger partial charge in [0.1, 0.15) is 30.5 Å². The lowest BCUT2D eigenvalue weighted by molar-refractivity contribution is -0.293. The molecule has 0 bridgehead atoms. The predicted octanol–water partition coefficient (Wildman–Crippen LogP) is -4.08. The van der Waals surface area contributed by atoms with E-state index in [0.717, 1.165) is 0 Å². The van der Waals surface area contributed by atoms with Crippen molar-refractivity contribution in [1.29, 1.82) is 0 Å². The van der Waals surface area contributed by atoms with Crippen molar-refractivity contribution in [3.8, 4) is 0 Å². The summed E-state index contributed by atoms with van der Waals surface area (Å²) < 4.78 is 23.8. The number of methoxy groups -OCH3 is 1. The lowest BCUT2D eigenvalue weighted by Gasteiger charge is -2.45. The molecule has 0 aromatic rings. The third-order valence-corrected chi connectivity index (χ3v) is 4.51. The minimum absolute atomic E-state index is 0.596. The summed E-state index contributed by atoms with van der Waals surface area (Å²) in [4.78, 5) is 0. The molecule has 2 fully saturated rings. The average Bonchev–Trinajstić information content (AvgIpc) is 2.61. The van der Waals surface area contributed by atoms with Crippen LogP contribution in [0.1, 0.15) is 7.77 Å². The first-order chi connectivity index (χ1) is 11.8. The Kier molecular flexibility index (Phi) is 6.38. The quantitative estimate of drug-likeness (QED) is 0.257. The fourth-order valence-corrected chi connectivity index (χ4v) is 3.06. The van der Waals surface area contributed by atoms with Gasteiger partial charge in [-0.25, -0.2) is 0 Å². The molecule has 24 heavy (non-hydrogen) atoms. The van der Waals surface area contributed by atoms with E-state index in [9.17, 15) is 35.7 Å². The van der Waals surface area contributed by atoms with Gasteiger partial charge in [-0.3, -0.25) is 0 Å². The molecule has 0 aromatic heterocycles. The number of hydrogen-bond donors (Lipinski definition) is 7. The summed E-state index contributed by atoms with van der Waals surface area (Å²) >= 11 is 0. The van der Waals surface area contributed by atoms with Gasteiger partial charge >= 0.3 is 0 Å². The molecule has 2 aliphatic rings. The minimum Gasteiger partial charge on any atom is -0.394 e. The second-order valence-corrected chi connectivity index (χ2v) is 6.01. The maximum absolute atomic E-state index is 10.3. The van der Waals surface area contributed by atoms with Crippen molar-refractivity contribution >= 4 is 0 Å². The topological polar surface area (TPSA) is 169 Å². The molecule has 0 saturated carbocycles. The van der Waals surface area contributed by atoms with Gasteiger partial charge in [-0.05, 0) is 6.40 Å². The van der Waals surface area contributed by atoms with Crippen molar-refractivity contribution in [3.63, 3.8) is 0 Å². The Morgan fingerprint density at radius 2 is 1.38 bits per heavy atom. The third kappa shape index (κ3) is 3.73. The number of rotatable bonds is 5. The van der Waals surface area contributed by atoms with Gasteiger partial charge in [0.2, 0.25) is 0 Å². The monoisotopic (exact) mass is 355 g/mol. The van der Waals surface area contributed by atoms with Crippen molar-refractivity contribution < 1.29 is 51.3 Å². The maximum Gasteiger partial charge on any atom is 0.186 e. The van der Waals surface area contributed by atoms with Crippen LogP contribution < -0.4 is 0 Å². The van der Waals surface area contributed by atoms with Crippen LogP contribution >= 0.6 is 0 Å². The third-order valence-electron chi connectivity index (χ3n) is 4.51. The van der Waals surface area contributed by atoms with Gasteiger partial charge in [0.25, 0.3) is 0 Å². The normalized spacial score (nSPS) is 51.9. The van der Waals surface area contributed by atoms with Crippen LogP contribution in [0.3, 0.4) is 0 Å². The smallest absolute Gasteiger partial charge is 0.186 e. The summed E-state index contributed by atoms with van der Waals surface area (Å²) in [5.41, 5.74) is 0. The first kappa shape index (κ1) is 18.4. The van der Waals surface area contributed by atoms with Gasteiger partial charge in [-0.1, -0.05) is 0 Å². The molecule has 2 saturated heterocycles. The number of hydrogen-bond acceptors (Lipinski definition) is 10. The van der Waals surface area contributed by atoms with Crippen molar-refractivity contribution in [1.82, 2.24) is 0 Å². The maximum atomic E-state index is 10.3. The fraction of sp³-hybridized carbons (Fsp3) is 1.00. The molecule has 11 atom stereocenters. The van der Waals surface area contributed by atoms with Crippen LogP contribution in [0.5, 0.6) is 0 Å². The van der Waals surface area contributed by atoms with Gasteiger partial charge in [0, 0.05) is 14.4 Å². The zero-order valence-corrected chi connectivity index (χ0v) is 13.1. The lowest BCUT2D eigenvalue weighted by atomic mass is 9.81. The first-order valence-corrected chi connectivity index (χ1v) is 7.66. The Balaban J connectivity index is 2.23. The highest BCUT2D eigenvalue weighted by Gasteiger charge is 2.49. The molecule has 0 radical (unpaired) electrons. The molecule has 0 aromatic carbocycles. The van der Waals surface area contributed by atoms with E-state index in [1.165, 1.54) is 7.11 Å². The molecule has 2 heterocycles. The summed E-state index contributed by atoms with van der Waals surface area (Å²) in [6.45, 7) is -1.25. The van der Waals surface area contributed by atoms with E-state index < -0.39 is 80.7 Å². The highest BCUT2D eigenvalue weighted by atomic mass is 16.7. The molecular weight excluding hydrogens is 328 g/mol. The Hall–Kier alpha value is -0.400. The van der Waals surface area contributed by atoms with Crippen LogP contribution in [0.25, 0.3) is 0 Å². The molecule has 0 spiro atoms. The Labute approximate surface area is 140 Å². The molecule has 2 rings (SSSR count). The zero-order chi connectivity index (χ0) is 18.9. The van der Waals surface area contributed by atoms with Crippen LogP contribution in [0.2, 0.25) is 0 Å². The van der Waals surface area contributed by atoms with Crippen LogP contribution in [0.4, 0.5) is 0 Å². The molecule has 10 heteroatoms. The minimum atomic E-state index is -1.68. The Bertz CT molecular complexity index is 424. The van der Waals surface area contributed by atoms with Crippen LogP contribution in [-0.2, 0) is 14.2 Å². The van der Waals surface area contributed by atoms with Crippen molar-refractivity contribution in [2.75, 3.05) is 20.3 Å². The Morgan fingerprint density at radius 1 is 0.792 bits per heavy atom. The second kappa shape index (κ2) is 8.32. The number of aliphatic hydroxyl groups excluding tert-OH is 7. The van der Waals surface area contributed by atoms with E-state index in [-0.39, 0.29) is 0 Å². The van der Waals surface area contributed by atoms with E-state index in [4.69, 9.17) is 15.6 Å². The van der Waals surface area contributed by atoms with E-state index >= 15 is 0 Å². The second-order valence-electron chi connectivity index (χ2n) is 6.01. The van der Waals surface area contributed by atoms with Gasteiger partial charge in [0.15, 0.2) is 6.29 Å². The van der Waals surface area contributed by atoms with Gasteiger partial charge in [-0.15, -0.1) is 0 Å². The highest BCUT2D eigenvalue weighted by molar-refractivity contribution is 4.96. The summed E-state index contributed by atoms with van der Waals surface area (Å²) in [5, 5.41) is 68.8. The number of ether oxygens (including phenoxy) is 3. The predicted molar refractivity (Wildman–Crippen MR) is 76.6 cm³/mol. The van der Waals surface area contributed by atoms with Gasteiger partial charge < -0.3 is 50.0 Å². The van der Waals surface area contributed by atoms with Crippen molar-refractivity contribution in [2.24, 2.45) is 5.92 Å². The summed E-state index contributed by atoms with van der Waals surface area (Å²) in [6.07, 6.45) is -14.3. The van der Waals surface area contributed by atoms with E-state index in [1.54, 1.807) is 0 Å². The molecule has 142 valence electrons. The Morgan fingerprint density at radius 3 is 1.92 bits per heavy atom. The summed E-state index contributed by atoms with van der Waals surface area (Å²) in [5.74, 6) is -1.19. The highest BCUT2D eigenvalue weighted by Crippen LogP contribution is 2.33. The molecule has 7 N–H and O–H groups in total. The van der Waals surface area contributed by atoms with Crippen LogP contribution in [0, 0.1) is 5.92 Å². The largest absolute Gasteiger partial charge is 0.394 e. The van der Waals surface area contributed by atoms with Crippen LogP contribution in [0.15, 0.2) is 0 Å². The van der Waals surface area contributed by atoms with Crippen molar-refractivity contribution in [3.05, 3.63) is 0 Å². The summed E-state index contributed by atoms with van der Waals surface area (Å²) in [7, 11) is 1.24. The van der Waals surface area contributed by atoms with Crippen molar-refractivity contribution in [2.45, 2.75) is 61.5 Å². The van der Waals surface area contributed by atoms with E-state index in [0.29, 0.717) is 0 Å². The average molecular weight is 355 g/mol. The molecule has 0 unspecified atom stereocenters.